The summed E-state index contributed by atoms with van der Waals surface area (Å²) in [6.45, 7) is 0.378. The fraction of sp³-hybridized carbons (Fsp3) is 0.263. The third kappa shape index (κ3) is 4.06. The zero-order valence-corrected chi connectivity index (χ0v) is 15.9. The van der Waals surface area contributed by atoms with E-state index in [4.69, 9.17) is 21.4 Å². The SMILES string of the molecule is O=C1C(=O)N(CCOCCO)C(c2cccs2)C1=C(O)c1ccc(Cl)cc1. The number of thiophene rings is 1. The molecule has 1 saturated heterocycles. The molecule has 8 heteroatoms. The Morgan fingerprint density at radius 3 is 2.56 bits per heavy atom. The summed E-state index contributed by atoms with van der Waals surface area (Å²) in [5.74, 6) is -1.65. The first-order valence-electron chi connectivity index (χ1n) is 8.31. The molecule has 1 amide bonds. The third-order valence-corrected chi connectivity index (χ3v) is 5.36. The topological polar surface area (TPSA) is 87.1 Å². The molecular weight excluding hydrogens is 390 g/mol. The van der Waals surface area contributed by atoms with Crippen LogP contribution in [0.25, 0.3) is 5.76 Å². The molecule has 2 aromatic rings. The summed E-state index contributed by atoms with van der Waals surface area (Å²) in [6, 6.07) is 9.37. The average molecular weight is 408 g/mol. The Bertz CT molecular complexity index is 847. The quantitative estimate of drug-likeness (QED) is 0.319. The van der Waals surface area contributed by atoms with Gasteiger partial charge in [-0.15, -0.1) is 11.3 Å². The van der Waals surface area contributed by atoms with Crippen molar-refractivity contribution in [3.05, 3.63) is 62.8 Å². The summed E-state index contributed by atoms with van der Waals surface area (Å²) in [5.41, 5.74) is 0.461. The van der Waals surface area contributed by atoms with Gasteiger partial charge in [-0.25, -0.2) is 0 Å². The first-order valence-corrected chi connectivity index (χ1v) is 9.56. The standard InChI is InChI=1S/C19H18ClNO5S/c20-13-5-3-12(4-6-13)17(23)15-16(14-2-1-11-27-14)21(19(25)18(15)24)7-9-26-10-8-22/h1-6,11,16,22-23H,7-10H2. The van der Waals surface area contributed by atoms with Crippen molar-refractivity contribution in [2.75, 3.05) is 26.4 Å². The second-order valence-electron chi connectivity index (χ2n) is 5.85. The van der Waals surface area contributed by atoms with Gasteiger partial charge < -0.3 is 19.8 Å². The molecule has 0 aliphatic carbocycles. The van der Waals surface area contributed by atoms with Gasteiger partial charge in [-0.3, -0.25) is 9.59 Å². The van der Waals surface area contributed by atoms with Gasteiger partial charge in [0.25, 0.3) is 11.7 Å². The molecule has 2 heterocycles. The van der Waals surface area contributed by atoms with Gasteiger partial charge in [-0.05, 0) is 35.7 Å². The highest BCUT2D eigenvalue weighted by Gasteiger charge is 2.46. The van der Waals surface area contributed by atoms with Crippen LogP contribution < -0.4 is 0 Å². The Kier molecular flexibility index (Phi) is 6.28. The number of halogens is 1. The molecule has 6 nitrogen and oxygen atoms in total. The highest BCUT2D eigenvalue weighted by molar-refractivity contribution is 7.10. The van der Waals surface area contributed by atoms with E-state index >= 15 is 0 Å². The van der Waals surface area contributed by atoms with Crippen LogP contribution in [0.1, 0.15) is 16.5 Å². The van der Waals surface area contributed by atoms with Crippen molar-refractivity contribution in [2.45, 2.75) is 6.04 Å². The lowest BCUT2D eigenvalue weighted by Crippen LogP contribution is -2.32. The average Bonchev–Trinajstić information content (AvgIpc) is 3.27. The number of rotatable bonds is 7. The van der Waals surface area contributed by atoms with Crippen molar-refractivity contribution in [1.29, 1.82) is 0 Å². The van der Waals surface area contributed by atoms with Crippen LogP contribution in [0.4, 0.5) is 0 Å². The van der Waals surface area contributed by atoms with E-state index in [1.807, 2.05) is 17.5 Å². The van der Waals surface area contributed by atoms with Gasteiger partial charge in [-0.1, -0.05) is 17.7 Å². The Labute approximate surface area is 165 Å². The number of hydrogen-bond acceptors (Lipinski definition) is 6. The second-order valence-corrected chi connectivity index (χ2v) is 7.27. The van der Waals surface area contributed by atoms with Gasteiger partial charge in [0.2, 0.25) is 0 Å². The molecule has 1 fully saturated rings. The number of likely N-dealkylation sites (tertiary alicyclic amines) is 1. The smallest absolute Gasteiger partial charge is 0.295 e. The molecular formula is C19H18ClNO5S. The third-order valence-electron chi connectivity index (χ3n) is 4.18. The second kappa shape index (κ2) is 8.67. The molecule has 1 unspecified atom stereocenters. The minimum absolute atomic E-state index is 0.0481. The van der Waals surface area contributed by atoms with Gasteiger partial charge in [0.15, 0.2) is 0 Å². The lowest BCUT2D eigenvalue weighted by molar-refractivity contribution is -0.140. The van der Waals surface area contributed by atoms with Gasteiger partial charge in [0.05, 0.1) is 31.4 Å². The van der Waals surface area contributed by atoms with Crippen LogP contribution in [0.5, 0.6) is 0 Å². The minimum atomic E-state index is -0.733. The van der Waals surface area contributed by atoms with E-state index in [-0.39, 0.29) is 37.7 Å². The fourth-order valence-electron chi connectivity index (χ4n) is 2.95. The molecule has 3 rings (SSSR count). The zero-order chi connectivity index (χ0) is 19.4. The first-order chi connectivity index (χ1) is 13.0. The molecule has 0 saturated carbocycles. The molecule has 142 valence electrons. The van der Waals surface area contributed by atoms with Crippen LogP contribution >= 0.6 is 22.9 Å². The van der Waals surface area contributed by atoms with Gasteiger partial charge >= 0.3 is 0 Å². The fourth-order valence-corrected chi connectivity index (χ4v) is 3.92. The molecule has 0 radical (unpaired) electrons. The normalized spacial score (nSPS) is 19.0. The summed E-state index contributed by atoms with van der Waals surface area (Å²) in [4.78, 5) is 27.4. The van der Waals surface area contributed by atoms with Gasteiger partial charge in [0, 0.05) is 22.0 Å². The number of nitrogens with zero attached hydrogens (tertiary/aromatic N) is 1. The van der Waals surface area contributed by atoms with E-state index in [0.717, 1.165) is 4.88 Å². The zero-order valence-electron chi connectivity index (χ0n) is 14.3. The lowest BCUT2D eigenvalue weighted by atomic mass is 10.00. The number of Topliss-reactive ketones (excluding diaryl/α,β-unsaturated/α-hetero) is 1. The van der Waals surface area contributed by atoms with E-state index in [0.29, 0.717) is 10.6 Å². The maximum atomic E-state index is 12.7. The van der Waals surface area contributed by atoms with Crippen LogP contribution in [0.15, 0.2) is 47.4 Å². The molecule has 2 N–H and O–H groups in total. The largest absolute Gasteiger partial charge is 0.507 e. The van der Waals surface area contributed by atoms with Crippen molar-refractivity contribution in [2.24, 2.45) is 0 Å². The highest BCUT2D eigenvalue weighted by atomic mass is 35.5. The number of aliphatic hydroxyl groups is 2. The number of hydrogen-bond donors (Lipinski definition) is 2. The summed E-state index contributed by atoms with van der Waals surface area (Å²) in [6.07, 6.45) is 0. The monoisotopic (exact) mass is 407 g/mol. The van der Waals surface area contributed by atoms with Crippen molar-refractivity contribution < 1.29 is 24.5 Å². The molecule has 0 bridgehead atoms. The first kappa shape index (κ1) is 19.6. The van der Waals surface area contributed by atoms with Crippen molar-refractivity contribution in [1.82, 2.24) is 4.90 Å². The van der Waals surface area contributed by atoms with Crippen molar-refractivity contribution in [3.63, 3.8) is 0 Å². The molecule has 27 heavy (non-hydrogen) atoms. The molecule has 1 aliphatic heterocycles. The number of ketones is 1. The summed E-state index contributed by atoms with van der Waals surface area (Å²) in [5, 5.41) is 21.9. The van der Waals surface area contributed by atoms with Gasteiger partial charge in [-0.2, -0.15) is 0 Å². The predicted octanol–water partition coefficient (Wildman–Crippen LogP) is 2.83. The number of carbonyl (C=O) groups excluding carboxylic acids is 2. The number of carbonyl (C=O) groups is 2. The lowest BCUT2D eigenvalue weighted by Gasteiger charge is -2.23. The molecule has 1 atom stereocenters. The predicted molar refractivity (Wildman–Crippen MR) is 103 cm³/mol. The van der Waals surface area contributed by atoms with Crippen molar-refractivity contribution >= 4 is 40.4 Å². The Morgan fingerprint density at radius 1 is 1.19 bits per heavy atom. The number of benzene rings is 1. The Morgan fingerprint density at radius 2 is 1.93 bits per heavy atom. The number of amides is 1. The van der Waals surface area contributed by atoms with E-state index in [1.165, 1.54) is 16.2 Å². The van der Waals surface area contributed by atoms with Crippen LogP contribution in [0.2, 0.25) is 5.02 Å². The highest BCUT2D eigenvalue weighted by Crippen LogP contribution is 2.40. The van der Waals surface area contributed by atoms with Crippen LogP contribution in [-0.4, -0.2) is 53.2 Å². The molecule has 1 aliphatic rings. The summed E-state index contributed by atoms with van der Waals surface area (Å²) in [7, 11) is 0. The summed E-state index contributed by atoms with van der Waals surface area (Å²) < 4.78 is 5.24. The van der Waals surface area contributed by atoms with Crippen LogP contribution in [0.3, 0.4) is 0 Å². The van der Waals surface area contributed by atoms with Crippen LogP contribution in [-0.2, 0) is 14.3 Å². The van der Waals surface area contributed by atoms with Gasteiger partial charge in [0.1, 0.15) is 5.76 Å². The minimum Gasteiger partial charge on any atom is -0.507 e. The van der Waals surface area contributed by atoms with E-state index in [9.17, 15) is 14.7 Å². The maximum absolute atomic E-state index is 12.7. The molecule has 1 aromatic heterocycles. The van der Waals surface area contributed by atoms with E-state index < -0.39 is 17.7 Å². The van der Waals surface area contributed by atoms with E-state index in [2.05, 4.69) is 0 Å². The van der Waals surface area contributed by atoms with Crippen molar-refractivity contribution in [3.8, 4) is 0 Å². The molecule has 0 spiro atoms. The van der Waals surface area contributed by atoms with Crippen LogP contribution in [0, 0.1) is 0 Å². The number of ether oxygens (including phenoxy) is 1. The van der Waals surface area contributed by atoms with E-state index in [1.54, 1.807) is 24.3 Å². The Balaban J connectivity index is 2.00. The summed E-state index contributed by atoms with van der Waals surface area (Å²) >= 11 is 7.28. The maximum Gasteiger partial charge on any atom is 0.295 e. The Hall–Kier alpha value is -2.19. The number of aliphatic hydroxyl groups excluding tert-OH is 2. The molecule has 1 aromatic carbocycles.